The summed E-state index contributed by atoms with van der Waals surface area (Å²) in [4.78, 5) is 41.3. The number of nitrogens with zero attached hydrogens (tertiary/aromatic N) is 1. The van der Waals surface area contributed by atoms with Crippen molar-refractivity contribution in [3.05, 3.63) is 34.9 Å². The number of halogens is 1. The van der Waals surface area contributed by atoms with Gasteiger partial charge in [0.15, 0.2) is 0 Å². The van der Waals surface area contributed by atoms with Gasteiger partial charge in [-0.1, -0.05) is 36.7 Å². The maximum Gasteiger partial charge on any atom is 0.410 e. The molecular weight excluding hydrogens is 496 g/mol. The van der Waals surface area contributed by atoms with Crippen LogP contribution < -0.4 is 5.32 Å². The smallest absolute Gasteiger partial charge is 0.410 e. The zero-order valence-corrected chi connectivity index (χ0v) is 23.9. The molecule has 2 amide bonds. The van der Waals surface area contributed by atoms with E-state index in [9.17, 15) is 14.4 Å². The Kier molecular flexibility index (Phi) is 8.85. The van der Waals surface area contributed by atoms with E-state index in [1.54, 1.807) is 51.8 Å². The molecule has 1 aliphatic heterocycles. The minimum atomic E-state index is -0.939. The van der Waals surface area contributed by atoms with Crippen molar-refractivity contribution in [1.82, 2.24) is 10.2 Å². The molecule has 1 saturated carbocycles. The summed E-state index contributed by atoms with van der Waals surface area (Å²) in [6.07, 6.45) is 0.908. The first kappa shape index (κ1) is 29.2. The fraction of sp³-hybridized carbons (Fsp3) is 0.679. The number of carbonyl (C=O) groups excluding carboxylic acids is 3. The zero-order chi connectivity index (χ0) is 27.7. The number of amides is 2. The predicted octanol–water partition coefficient (Wildman–Crippen LogP) is 4.76. The summed E-state index contributed by atoms with van der Waals surface area (Å²) in [6, 6.07) is 6.07. The van der Waals surface area contributed by atoms with Gasteiger partial charge in [-0.2, -0.15) is 0 Å². The lowest BCUT2D eigenvalue weighted by Crippen LogP contribution is -2.54. The van der Waals surface area contributed by atoms with E-state index in [-0.39, 0.29) is 30.5 Å². The molecule has 1 aliphatic carbocycles. The SMILES string of the molecule is COC(C(C)C(=O)NC(Cc1ccccc1Cl)C(=O)OC(C)(C)C)[C@@H]1C[C@@H]2C[C@@H]2N1C(=O)OC(C)(C)C. The predicted molar refractivity (Wildman–Crippen MR) is 141 cm³/mol. The molecule has 1 aromatic rings. The minimum Gasteiger partial charge on any atom is -0.458 e. The van der Waals surface area contributed by atoms with Crippen LogP contribution in [0, 0.1) is 11.8 Å². The van der Waals surface area contributed by atoms with Crippen molar-refractivity contribution in [3.8, 4) is 0 Å². The minimum absolute atomic E-state index is 0.113. The van der Waals surface area contributed by atoms with E-state index in [1.807, 2.05) is 32.9 Å². The van der Waals surface area contributed by atoms with Crippen LogP contribution in [0.5, 0.6) is 0 Å². The van der Waals surface area contributed by atoms with Crippen LogP contribution >= 0.6 is 11.6 Å². The number of ether oxygens (including phenoxy) is 3. The highest BCUT2D eigenvalue weighted by molar-refractivity contribution is 6.31. The Bertz CT molecular complexity index is 1000. The largest absolute Gasteiger partial charge is 0.458 e. The molecule has 9 heteroatoms. The van der Waals surface area contributed by atoms with Gasteiger partial charge in [-0.25, -0.2) is 9.59 Å². The molecule has 6 atom stereocenters. The van der Waals surface area contributed by atoms with E-state index in [1.165, 1.54) is 0 Å². The van der Waals surface area contributed by atoms with E-state index in [0.717, 1.165) is 18.4 Å². The molecule has 0 bridgehead atoms. The highest BCUT2D eigenvalue weighted by Crippen LogP contribution is 2.50. The second-order valence-corrected chi connectivity index (χ2v) is 12.5. The van der Waals surface area contributed by atoms with E-state index in [0.29, 0.717) is 10.9 Å². The summed E-state index contributed by atoms with van der Waals surface area (Å²) in [5.41, 5.74) is -0.622. The first-order valence-electron chi connectivity index (χ1n) is 12.9. The maximum absolute atomic E-state index is 13.5. The highest BCUT2D eigenvalue weighted by atomic mass is 35.5. The Morgan fingerprint density at radius 3 is 2.24 bits per heavy atom. The van der Waals surface area contributed by atoms with Crippen LogP contribution in [0.25, 0.3) is 0 Å². The van der Waals surface area contributed by atoms with Gasteiger partial charge in [0.2, 0.25) is 5.91 Å². The zero-order valence-electron chi connectivity index (χ0n) is 23.2. The number of hydrogen-bond acceptors (Lipinski definition) is 6. The van der Waals surface area contributed by atoms with Crippen molar-refractivity contribution in [2.24, 2.45) is 11.8 Å². The van der Waals surface area contributed by atoms with Crippen LogP contribution in [0.15, 0.2) is 24.3 Å². The lowest BCUT2D eigenvalue weighted by molar-refractivity contribution is -0.159. The van der Waals surface area contributed by atoms with Crippen LogP contribution in [-0.4, -0.2) is 65.4 Å². The first-order chi connectivity index (χ1) is 17.1. The molecule has 37 heavy (non-hydrogen) atoms. The summed E-state index contributed by atoms with van der Waals surface area (Å²) in [5.74, 6) is -1.16. The normalized spacial score (nSPS) is 23.5. The van der Waals surface area contributed by atoms with Crippen LogP contribution in [0.2, 0.25) is 5.02 Å². The fourth-order valence-electron chi connectivity index (χ4n) is 4.97. The summed E-state index contributed by atoms with van der Waals surface area (Å²) in [5, 5.41) is 3.38. The summed E-state index contributed by atoms with van der Waals surface area (Å²) in [6.45, 7) is 12.6. The van der Waals surface area contributed by atoms with Crippen molar-refractivity contribution in [3.63, 3.8) is 0 Å². The topological polar surface area (TPSA) is 94.2 Å². The van der Waals surface area contributed by atoms with Gasteiger partial charge in [0, 0.05) is 24.6 Å². The number of benzene rings is 1. The number of likely N-dealkylation sites (tertiary alicyclic amines) is 1. The average Bonchev–Trinajstić information content (AvgIpc) is 3.42. The molecule has 1 saturated heterocycles. The number of piperidine rings is 1. The number of nitrogens with one attached hydrogen (secondary N) is 1. The Labute approximate surface area is 225 Å². The third-order valence-electron chi connectivity index (χ3n) is 6.70. The molecule has 2 aliphatic rings. The number of hydrogen-bond donors (Lipinski definition) is 1. The molecule has 206 valence electrons. The lowest BCUT2D eigenvalue weighted by atomic mass is 9.93. The molecule has 0 spiro atoms. The Morgan fingerprint density at radius 2 is 1.68 bits per heavy atom. The molecule has 1 N–H and O–H groups in total. The third-order valence-corrected chi connectivity index (χ3v) is 7.06. The number of rotatable bonds is 8. The summed E-state index contributed by atoms with van der Waals surface area (Å²) in [7, 11) is 1.54. The van der Waals surface area contributed by atoms with Crippen LogP contribution in [0.4, 0.5) is 4.79 Å². The number of methoxy groups -OCH3 is 1. The van der Waals surface area contributed by atoms with Gasteiger partial charge < -0.3 is 19.5 Å². The number of carbonyl (C=O) groups is 3. The Hall–Kier alpha value is -2.32. The van der Waals surface area contributed by atoms with Crippen molar-refractivity contribution < 1.29 is 28.6 Å². The van der Waals surface area contributed by atoms with Gasteiger partial charge in [-0.15, -0.1) is 0 Å². The van der Waals surface area contributed by atoms with Crippen molar-refractivity contribution in [2.45, 2.75) is 103 Å². The molecule has 8 nitrogen and oxygen atoms in total. The van der Waals surface area contributed by atoms with Gasteiger partial charge in [-0.05, 0) is 71.9 Å². The van der Waals surface area contributed by atoms with E-state index < -0.39 is 35.2 Å². The molecule has 0 radical (unpaired) electrons. The second kappa shape index (κ2) is 11.2. The standard InChI is InChI=1S/C28H41ClN2O6/c1-16(23(35-8)22-15-18-14-21(18)31(22)26(34)37-28(5,6)7)24(32)30-20(25(33)36-27(2,3)4)13-17-11-9-10-12-19(17)29/h9-12,16,18,20-23H,13-15H2,1-8H3,(H,30,32)/t16?,18-,20?,21-,22-,23?/m0/s1. The van der Waals surface area contributed by atoms with Crippen LogP contribution in [0.1, 0.15) is 66.9 Å². The lowest BCUT2D eigenvalue weighted by Gasteiger charge is -2.36. The van der Waals surface area contributed by atoms with E-state index >= 15 is 0 Å². The number of esters is 1. The van der Waals surface area contributed by atoms with Crippen molar-refractivity contribution >= 4 is 29.6 Å². The fourth-order valence-corrected chi connectivity index (χ4v) is 5.18. The van der Waals surface area contributed by atoms with E-state index in [2.05, 4.69) is 5.32 Å². The first-order valence-corrected chi connectivity index (χ1v) is 13.3. The second-order valence-electron chi connectivity index (χ2n) is 12.1. The number of fused-ring (bicyclic) bond motifs is 1. The average molecular weight is 537 g/mol. The third kappa shape index (κ3) is 7.60. The molecule has 3 unspecified atom stereocenters. The molecule has 2 fully saturated rings. The van der Waals surface area contributed by atoms with Gasteiger partial charge in [-0.3, -0.25) is 9.69 Å². The van der Waals surface area contributed by atoms with Crippen LogP contribution in [-0.2, 0) is 30.2 Å². The monoisotopic (exact) mass is 536 g/mol. The molecule has 1 aromatic carbocycles. The molecule has 0 aromatic heterocycles. The van der Waals surface area contributed by atoms with Gasteiger partial charge in [0.1, 0.15) is 17.2 Å². The molecule has 3 rings (SSSR count). The summed E-state index contributed by atoms with van der Waals surface area (Å²) >= 11 is 6.34. The highest BCUT2D eigenvalue weighted by Gasteiger charge is 2.58. The maximum atomic E-state index is 13.5. The van der Waals surface area contributed by atoms with Crippen molar-refractivity contribution in [1.29, 1.82) is 0 Å². The molecule has 1 heterocycles. The summed E-state index contributed by atoms with van der Waals surface area (Å²) < 4.78 is 17.1. The van der Waals surface area contributed by atoms with Crippen LogP contribution in [0.3, 0.4) is 0 Å². The Balaban J connectivity index is 1.77. The van der Waals surface area contributed by atoms with Gasteiger partial charge >= 0.3 is 12.1 Å². The Morgan fingerprint density at radius 1 is 1.05 bits per heavy atom. The van der Waals surface area contributed by atoms with Gasteiger partial charge in [0.05, 0.1) is 18.1 Å². The van der Waals surface area contributed by atoms with Gasteiger partial charge in [0.25, 0.3) is 0 Å². The quantitative estimate of drug-likeness (QED) is 0.481. The van der Waals surface area contributed by atoms with E-state index in [4.69, 9.17) is 25.8 Å². The molecular formula is C28H41ClN2O6. The van der Waals surface area contributed by atoms with Crippen molar-refractivity contribution in [2.75, 3.05) is 7.11 Å².